The van der Waals surface area contributed by atoms with Crippen molar-refractivity contribution in [2.75, 3.05) is 18.6 Å². The summed E-state index contributed by atoms with van der Waals surface area (Å²) in [5.41, 5.74) is 1.58. The number of nitrogens with one attached hydrogen (secondary N) is 3. The summed E-state index contributed by atoms with van der Waals surface area (Å²) in [4.78, 5) is 27.9. The molecule has 0 saturated heterocycles. The minimum absolute atomic E-state index is 0.183. The largest absolute Gasteiger partial charge is 0.457 e. The van der Waals surface area contributed by atoms with Crippen LogP contribution in [0.5, 0.6) is 11.5 Å². The Hall–Kier alpha value is -3.92. The van der Waals surface area contributed by atoms with E-state index in [1.165, 1.54) is 37.5 Å². The molecule has 0 unspecified atom stereocenters. The number of aromatic nitrogens is 1. The second kappa shape index (κ2) is 9.92. The molecule has 2 aromatic carbocycles. The van der Waals surface area contributed by atoms with Crippen molar-refractivity contribution in [1.82, 2.24) is 15.6 Å². The van der Waals surface area contributed by atoms with E-state index in [9.17, 15) is 18.0 Å². The lowest BCUT2D eigenvalue weighted by Gasteiger charge is -2.10. The number of pyridine rings is 1. The van der Waals surface area contributed by atoms with Gasteiger partial charge in [0.05, 0.1) is 4.90 Å². The van der Waals surface area contributed by atoms with Crippen LogP contribution in [0.1, 0.15) is 16.1 Å². The molecule has 32 heavy (non-hydrogen) atoms. The van der Waals surface area contributed by atoms with Gasteiger partial charge in [-0.05, 0) is 48.0 Å². The minimum atomic E-state index is -3.28. The quantitative estimate of drug-likeness (QED) is 0.504. The number of hydrogen-bond donors (Lipinski definition) is 3. The Labute approximate surface area is 185 Å². The maximum Gasteiger partial charge on any atom is 0.319 e. The van der Waals surface area contributed by atoms with Crippen molar-refractivity contribution < 1.29 is 22.7 Å². The van der Waals surface area contributed by atoms with E-state index in [4.69, 9.17) is 4.74 Å². The van der Waals surface area contributed by atoms with Gasteiger partial charge in [-0.3, -0.25) is 9.78 Å². The Kier molecular flexibility index (Phi) is 7.06. The molecule has 0 aliphatic rings. The van der Waals surface area contributed by atoms with Crippen LogP contribution in [0.15, 0.2) is 71.8 Å². The molecule has 0 saturated carbocycles. The van der Waals surface area contributed by atoms with Gasteiger partial charge in [0, 0.05) is 37.8 Å². The molecule has 0 aliphatic carbocycles. The summed E-state index contributed by atoms with van der Waals surface area (Å²) in [5, 5.41) is 7.88. The molecule has 0 radical (unpaired) electrons. The van der Waals surface area contributed by atoms with Crippen molar-refractivity contribution in [3.05, 3.63) is 78.1 Å². The van der Waals surface area contributed by atoms with Crippen molar-refractivity contribution in [3.63, 3.8) is 0 Å². The van der Waals surface area contributed by atoms with Crippen LogP contribution >= 0.6 is 0 Å². The molecular weight excluding hydrogens is 432 g/mol. The number of carbonyl (C=O) groups is 2. The second-order valence-corrected chi connectivity index (χ2v) is 8.82. The highest BCUT2D eigenvalue weighted by atomic mass is 32.2. The number of ether oxygens (including phenoxy) is 1. The molecule has 9 nitrogen and oxygen atoms in total. The fourth-order valence-electron chi connectivity index (χ4n) is 2.68. The zero-order valence-corrected chi connectivity index (χ0v) is 18.3. The zero-order valence-electron chi connectivity index (χ0n) is 17.5. The molecule has 1 heterocycles. The fraction of sp³-hybridized carbons (Fsp3) is 0.136. The van der Waals surface area contributed by atoms with E-state index in [0.29, 0.717) is 17.2 Å². The van der Waals surface area contributed by atoms with Gasteiger partial charge >= 0.3 is 6.03 Å². The minimum Gasteiger partial charge on any atom is -0.457 e. The third-order valence-corrected chi connectivity index (χ3v) is 5.47. The molecule has 0 aliphatic heterocycles. The van der Waals surface area contributed by atoms with Crippen molar-refractivity contribution in [2.45, 2.75) is 11.4 Å². The van der Waals surface area contributed by atoms with E-state index >= 15 is 0 Å². The van der Waals surface area contributed by atoms with Crippen molar-refractivity contribution in [1.29, 1.82) is 0 Å². The highest BCUT2D eigenvalue weighted by Crippen LogP contribution is 2.22. The smallest absolute Gasteiger partial charge is 0.319 e. The topological polar surface area (TPSA) is 126 Å². The maximum atomic E-state index is 12.1. The van der Waals surface area contributed by atoms with E-state index in [1.54, 1.807) is 36.4 Å². The second-order valence-electron chi connectivity index (χ2n) is 6.81. The number of nitrogens with zero attached hydrogens (tertiary/aromatic N) is 1. The van der Waals surface area contributed by atoms with E-state index < -0.39 is 15.9 Å². The van der Waals surface area contributed by atoms with Crippen molar-refractivity contribution in [3.8, 4) is 11.5 Å². The van der Waals surface area contributed by atoms with E-state index in [1.807, 2.05) is 0 Å². The maximum absolute atomic E-state index is 12.1. The Morgan fingerprint density at radius 2 is 1.66 bits per heavy atom. The van der Waals surface area contributed by atoms with Gasteiger partial charge in [-0.2, -0.15) is 0 Å². The number of urea groups is 1. The molecule has 0 atom stereocenters. The van der Waals surface area contributed by atoms with E-state index in [0.717, 1.165) is 11.8 Å². The summed E-state index contributed by atoms with van der Waals surface area (Å²) in [6.45, 7) is 0.281. The number of carbonyl (C=O) groups excluding carboxylic acids is 2. The standard InChI is InChI=1S/C22H22N4O5S/c1-23-21(27)20-13-18(11-12-24-20)31-17-7-3-15(4-8-17)14-25-22(28)26-16-5-9-19(10-6-16)32(2,29)30/h3-13H,14H2,1-2H3,(H,23,27)(H2,25,26,28). The molecule has 0 fully saturated rings. The van der Waals surface area contributed by atoms with Crippen LogP contribution in [0.2, 0.25) is 0 Å². The number of benzene rings is 2. The SMILES string of the molecule is CNC(=O)c1cc(Oc2ccc(CNC(=O)Nc3ccc(S(C)(=O)=O)cc3)cc2)ccn1. The molecule has 0 bridgehead atoms. The van der Waals surface area contributed by atoms with Crippen LogP contribution < -0.4 is 20.7 Å². The predicted molar refractivity (Wildman–Crippen MR) is 120 cm³/mol. The third-order valence-electron chi connectivity index (χ3n) is 4.34. The first-order valence-corrected chi connectivity index (χ1v) is 11.4. The summed E-state index contributed by atoms with van der Waals surface area (Å²) in [6, 6.07) is 15.8. The Bertz CT molecular complexity index is 1210. The lowest BCUT2D eigenvalue weighted by molar-refractivity contribution is 0.0957. The first-order valence-electron chi connectivity index (χ1n) is 9.54. The van der Waals surface area contributed by atoms with Gasteiger partial charge in [-0.15, -0.1) is 0 Å². The van der Waals surface area contributed by atoms with Crippen LogP contribution in [0.25, 0.3) is 0 Å². The summed E-state index contributed by atoms with van der Waals surface area (Å²) < 4.78 is 28.7. The molecule has 166 valence electrons. The van der Waals surface area contributed by atoms with Gasteiger partial charge in [0.2, 0.25) is 0 Å². The van der Waals surface area contributed by atoms with Gasteiger partial charge in [0.25, 0.3) is 5.91 Å². The Morgan fingerprint density at radius 1 is 0.969 bits per heavy atom. The van der Waals surface area contributed by atoms with Gasteiger partial charge in [-0.25, -0.2) is 13.2 Å². The van der Waals surface area contributed by atoms with Crippen LogP contribution in [0.4, 0.5) is 10.5 Å². The monoisotopic (exact) mass is 454 g/mol. The van der Waals surface area contributed by atoms with Gasteiger partial charge in [0.1, 0.15) is 17.2 Å². The number of sulfone groups is 1. The lowest BCUT2D eigenvalue weighted by Crippen LogP contribution is -2.28. The molecule has 10 heteroatoms. The Balaban J connectivity index is 1.52. The average Bonchev–Trinajstić information content (AvgIpc) is 2.78. The average molecular weight is 455 g/mol. The van der Waals surface area contributed by atoms with Crippen molar-refractivity contribution >= 4 is 27.5 Å². The highest BCUT2D eigenvalue weighted by molar-refractivity contribution is 7.90. The Morgan fingerprint density at radius 3 is 2.28 bits per heavy atom. The van der Waals surface area contributed by atoms with Gasteiger partial charge in [-0.1, -0.05) is 12.1 Å². The molecule has 3 rings (SSSR count). The molecule has 3 aromatic rings. The fourth-order valence-corrected chi connectivity index (χ4v) is 3.31. The normalized spacial score (nSPS) is 10.8. The molecule has 1 aromatic heterocycles. The summed E-state index contributed by atoms with van der Waals surface area (Å²) in [6.07, 6.45) is 2.61. The molecule has 3 N–H and O–H groups in total. The molecule has 0 spiro atoms. The van der Waals surface area contributed by atoms with E-state index in [2.05, 4.69) is 20.9 Å². The van der Waals surface area contributed by atoms with Gasteiger partial charge in [0.15, 0.2) is 9.84 Å². The molecular formula is C22H22N4O5S. The molecule has 3 amide bonds. The summed E-state index contributed by atoms with van der Waals surface area (Å²) in [5.74, 6) is 0.741. The number of rotatable bonds is 7. The number of hydrogen-bond acceptors (Lipinski definition) is 6. The lowest BCUT2D eigenvalue weighted by atomic mass is 10.2. The number of amides is 3. The van der Waals surface area contributed by atoms with Crippen LogP contribution in [0, 0.1) is 0 Å². The van der Waals surface area contributed by atoms with Crippen LogP contribution in [-0.2, 0) is 16.4 Å². The van der Waals surface area contributed by atoms with E-state index in [-0.39, 0.29) is 23.0 Å². The summed E-state index contributed by atoms with van der Waals surface area (Å²) in [7, 11) is -1.76. The van der Waals surface area contributed by atoms with Crippen LogP contribution in [0.3, 0.4) is 0 Å². The number of anilines is 1. The summed E-state index contributed by atoms with van der Waals surface area (Å²) >= 11 is 0. The van der Waals surface area contributed by atoms with Gasteiger partial charge < -0.3 is 20.7 Å². The predicted octanol–water partition coefficient (Wildman–Crippen LogP) is 2.96. The highest BCUT2D eigenvalue weighted by Gasteiger charge is 2.09. The van der Waals surface area contributed by atoms with Crippen molar-refractivity contribution in [2.24, 2.45) is 0 Å². The first-order chi connectivity index (χ1) is 15.2. The zero-order chi connectivity index (χ0) is 23.1. The first kappa shape index (κ1) is 22.8. The third kappa shape index (κ3) is 6.29. The van der Waals surface area contributed by atoms with Crippen LogP contribution in [-0.4, -0.2) is 38.6 Å².